The van der Waals surface area contributed by atoms with Crippen molar-refractivity contribution < 1.29 is 4.79 Å². The van der Waals surface area contributed by atoms with E-state index < -0.39 is 10.4 Å². The summed E-state index contributed by atoms with van der Waals surface area (Å²) >= 11 is 14.5. The molecule has 1 amide bonds. The third-order valence-corrected chi connectivity index (χ3v) is 3.28. The lowest BCUT2D eigenvalue weighted by molar-refractivity contribution is -0.120. The van der Waals surface area contributed by atoms with E-state index in [0.29, 0.717) is 18.7 Å². The highest BCUT2D eigenvalue weighted by Crippen LogP contribution is 2.18. The van der Waals surface area contributed by atoms with Crippen LogP contribution in [0, 0.1) is 0 Å². The Hall–Kier alpha value is -0.360. The van der Waals surface area contributed by atoms with Gasteiger partial charge in [-0.15, -0.1) is 23.2 Å². The van der Waals surface area contributed by atoms with E-state index in [2.05, 4.69) is 26.2 Å². The van der Waals surface area contributed by atoms with E-state index in [1.807, 2.05) is 0 Å². The maximum absolute atomic E-state index is 12.0. The number of alkyl halides is 2. The summed E-state index contributed by atoms with van der Waals surface area (Å²) in [6, 6.07) is 3.47. The lowest BCUT2D eigenvalue weighted by Gasteiger charge is -2.23. The first kappa shape index (κ1) is 15.7. The maximum Gasteiger partial charge on any atom is 0.245 e. The molecular formula is C11H14BrCl2N3O. The van der Waals surface area contributed by atoms with Crippen LogP contribution in [0.25, 0.3) is 0 Å². The van der Waals surface area contributed by atoms with Gasteiger partial charge >= 0.3 is 0 Å². The molecule has 0 bridgehead atoms. The minimum Gasteiger partial charge on any atom is -0.318 e. The van der Waals surface area contributed by atoms with Crippen molar-refractivity contribution in [3.8, 4) is 0 Å². The molecule has 0 saturated carbocycles. The molecule has 1 unspecified atom stereocenters. The molecule has 100 valence electrons. The maximum atomic E-state index is 12.0. The normalized spacial score (nSPS) is 14.3. The summed E-state index contributed by atoms with van der Waals surface area (Å²) in [6.07, 6.45) is 2.45. The Balaban J connectivity index is 2.60. The number of aromatic nitrogens is 1. The Kier molecular flexibility index (Phi) is 5.85. The van der Waals surface area contributed by atoms with E-state index in [1.165, 1.54) is 0 Å². The fraction of sp³-hybridized carbons (Fsp3) is 0.455. The highest BCUT2D eigenvalue weighted by Gasteiger charge is 2.28. The first-order valence-electron chi connectivity index (χ1n) is 5.31. The third kappa shape index (κ3) is 5.10. The number of rotatable bonds is 5. The fourth-order valence-corrected chi connectivity index (χ4v) is 1.68. The quantitative estimate of drug-likeness (QED) is 0.798. The standard InChI is InChI=1S/C11H14BrCl2N3O/c1-11(15,5-4-8(13)14)10(18)17-9-3-2-7(12)6-16-9/h2-3,6,8H,4-5,15H2,1H3,(H,16,17,18). The number of pyridine rings is 1. The van der Waals surface area contributed by atoms with Gasteiger partial charge in [0.05, 0.1) is 5.54 Å². The number of nitrogens with one attached hydrogen (secondary N) is 1. The summed E-state index contributed by atoms with van der Waals surface area (Å²) in [6.45, 7) is 1.64. The molecule has 0 radical (unpaired) electrons. The molecule has 18 heavy (non-hydrogen) atoms. The topological polar surface area (TPSA) is 68.0 Å². The van der Waals surface area contributed by atoms with Crippen molar-refractivity contribution in [3.05, 3.63) is 22.8 Å². The van der Waals surface area contributed by atoms with Crippen LogP contribution in [-0.4, -0.2) is 21.3 Å². The molecular weight excluding hydrogens is 341 g/mol. The smallest absolute Gasteiger partial charge is 0.245 e. The van der Waals surface area contributed by atoms with Crippen LogP contribution in [0.3, 0.4) is 0 Å². The molecule has 1 rings (SSSR count). The van der Waals surface area contributed by atoms with Crippen LogP contribution in [0.2, 0.25) is 0 Å². The zero-order chi connectivity index (χ0) is 13.8. The van der Waals surface area contributed by atoms with Gasteiger partial charge in [0.2, 0.25) is 5.91 Å². The number of carbonyl (C=O) groups excluding carboxylic acids is 1. The minimum absolute atomic E-state index is 0.314. The molecule has 1 aromatic heterocycles. The SMILES string of the molecule is CC(N)(CCC(Cl)Cl)C(=O)Nc1ccc(Br)cn1. The summed E-state index contributed by atoms with van der Waals surface area (Å²) in [5.41, 5.74) is 4.89. The molecule has 7 heteroatoms. The van der Waals surface area contributed by atoms with E-state index in [0.717, 1.165) is 4.47 Å². The Bertz CT molecular complexity index is 409. The van der Waals surface area contributed by atoms with Gasteiger partial charge in [0.15, 0.2) is 0 Å². The van der Waals surface area contributed by atoms with Gasteiger partial charge in [-0.25, -0.2) is 4.98 Å². The Morgan fingerprint density at radius 2 is 2.28 bits per heavy atom. The molecule has 0 spiro atoms. The van der Waals surface area contributed by atoms with Crippen LogP contribution in [0.4, 0.5) is 5.82 Å². The number of anilines is 1. The van der Waals surface area contributed by atoms with E-state index in [9.17, 15) is 4.79 Å². The van der Waals surface area contributed by atoms with Crippen molar-refractivity contribution in [2.45, 2.75) is 30.1 Å². The van der Waals surface area contributed by atoms with E-state index in [4.69, 9.17) is 28.9 Å². The second-order valence-corrected chi connectivity index (χ2v) is 6.36. The Morgan fingerprint density at radius 1 is 1.61 bits per heavy atom. The average Bonchev–Trinajstić information content (AvgIpc) is 2.29. The van der Waals surface area contributed by atoms with E-state index in [1.54, 1.807) is 25.3 Å². The van der Waals surface area contributed by atoms with Gasteiger partial charge in [-0.05, 0) is 47.8 Å². The third-order valence-electron chi connectivity index (χ3n) is 2.37. The van der Waals surface area contributed by atoms with Crippen LogP contribution in [0.15, 0.2) is 22.8 Å². The van der Waals surface area contributed by atoms with Gasteiger partial charge in [-0.2, -0.15) is 0 Å². The van der Waals surface area contributed by atoms with Crippen LogP contribution < -0.4 is 11.1 Å². The summed E-state index contributed by atoms with van der Waals surface area (Å²) in [4.78, 5) is 15.5. The van der Waals surface area contributed by atoms with E-state index >= 15 is 0 Å². The second-order valence-electron chi connectivity index (χ2n) is 4.16. The second kappa shape index (κ2) is 6.70. The molecule has 1 atom stereocenters. The molecule has 1 aromatic rings. The van der Waals surface area contributed by atoms with Crippen molar-refractivity contribution in [2.24, 2.45) is 5.73 Å². The van der Waals surface area contributed by atoms with Crippen molar-refractivity contribution in [2.75, 3.05) is 5.32 Å². The van der Waals surface area contributed by atoms with Gasteiger partial charge in [0.1, 0.15) is 10.7 Å². The van der Waals surface area contributed by atoms with Gasteiger partial charge in [-0.1, -0.05) is 0 Å². The molecule has 0 fully saturated rings. The van der Waals surface area contributed by atoms with Crippen molar-refractivity contribution in [1.29, 1.82) is 0 Å². The van der Waals surface area contributed by atoms with Gasteiger partial charge in [0.25, 0.3) is 0 Å². The molecule has 1 heterocycles. The van der Waals surface area contributed by atoms with Crippen molar-refractivity contribution >= 4 is 50.9 Å². The molecule has 0 aliphatic heterocycles. The summed E-state index contributed by atoms with van der Waals surface area (Å²) in [5.74, 6) is 0.138. The Morgan fingerprint density at radius 3 is 2.78 bits per heavy atom. The largest absolute Gasteiger partial charge is 0.318 e. The molecule has 0 aromatic carbocycles. The minimum atomic E-state index is -1.03. The first-order valence-corrected chi connectivity index (χ1v) is 6.98. The Labute approximate surface area is 124 Å². The van der Waals surface area contributed by atoms with Crippen molar-refractivity contribution in [3.63, 3.8) is 0 Å². The van der Waals surface area contributed by atoms with Gasteiger partial charge in [0, 0.05) is 10.7 Å². The number of hydrogen-bond acceptors (Lipinski definition) is 3. The number of amides is 1. The number of halogens is 3. The van der Waals surface area contributed by atoms with Crippen LogP contribution in [0.1, 0.15) is 19.8 Å². The molecule has 0 saturated heterocycles. The molecule has 4 nitrogen and oxygen atoms in total. The molecule has 0 aliphatic carbocycles. The number of nitrogens with zero attached hydrogens (tertiary/aromatic N) is 1. The lowest BCUT2D eigenvalue weighted by Crippen LogP contribution is -2.48. The van der Waals surface area contributed by atoms with E-state index in [-0.39, 0.29) is 5.91 Å². The fourth-order valence-electron chi connectivity index (χ4n) is 1.23. The number of hydrogen-bond donors (Lipinski definition) is 2. The van der Waals surface area contributed by atoms with Crippen LogP contribution >= 0.6 is 39.1 Å². The van der Waals surface area contributed by atoms with Crippen molar-refractivity contribution in [1.82, 2.24) is 4.98 Å². The highest BCUT2D eigenvalue weighted by atomic mass is 79.9. The summed E-state index contributed by atoms with van der Waals surface area (Å²) < 4.78 is 0.836. The average molecular weight is 355 g/mol. The molecule has 0 aliphatic rings. The van der Waals surface area contributed by atoms with Crippen LogP contribution in [-0.2, 0) is 4.79 Å². The first-order chi connectivity index (χ1) is 8.31. The number of nitrogens with two attached hydrogens (primary N) is 1. The number of carbonyl (C=O) groups is 1. The molecule has 3 N–H and O–H groups in total. The predicted octanol–water partition coefficient (Wildman–Crippen LogP) is 3.08. The van der Waals surface area contributed by atoms with Gasteiger partial charge in [-0.3, -0.25) is 4.79 Å². The lowest BCUT2D eigenvalue weighted by atomic mass is 9.96. The zero-order valence-corrected chi connectivity index (χ0v) is 12.9. The van der Waals surface area contributed by atoms with Gasteiger partial charge < -0.3 is 11.1 Å². The monoisotopic (exact) mass is 353 g/mol. The predicted molar refractivity (Wildman–Crippen MR) is 77.9 cm³/mol. The zero-order valence-electron chi connectivity index (χ0n) is 9.79. The van der Waals surface area contributed by atoms with Crippen LogP contribution in [0.5, 0.6) is 0 Å². The summed E-state index contributed by atoms with van der Waals surface area (Å²) in [5, 5.41) is 2.65. The summed E-state index contributed by atoms with van der Waals surface area (Å²) in [7, 11) is 0. The highest BCUT2D eigenvalue weighted by molar-refractivity contribution is 9.10.